The van der Waals surface area contributed by atoms with E-state index in [1.807, 2.05) is 18.2 Å². The summed E-state index contributed by atoms with van der Waals surface area (Å²) in [7, 11) is 3.20. The average Bonchev–Trinajstić information content (AvgIpc) is 2.65. The molecule has 1 N–H and O–H groups in total. The van der Waals surface area contributed by atoms with Crippen LogP contribution in [0.2, 0.25) is 0 Å². The van der Waals surface area contributed by atoms with Gasteiger partial charge in [-0.1, -0.05) is 26.0 Å². The molecular weight excluding hydrogens is 256 g/mol. The Labute approximate surface area is 118 Å². The summed E-state index contributed by atoms with van der Waals surface area (Å²) in [6, 6.07) is 3.86. The molecule has 0 bridgehead atoms. The minimum absolute atomic E-state index is 0.263. The molecule has 0 fully saturated rings. The van der Waals surface area contributed by atoms with Crippen LogP contribution in [-0.2, 0) is 10.2 Å². The molecule has 0 heterocycles. The number of ether oxygens (including phenoxy) is 2. The van der Waals surface area contributed by atoms with Gasteiger partial charge in [-0.3, -0.25) is 0 Å². The molecule has 4 heteroatoms. The highest BCUT2D eigenvalue weighted by atomic mass is 16.5. The van der Waals surface area contributed by atoms with E-state index in [-0.39, 0.29) is 5.41 Å². The molecule has 0 saturated carbocycles. The molecule has 0 aliphatic heterocycles. The second-order valence-electron chi connectivity index (χ2n) is 5.19. The molecule has 1 aliphatic rings. The summed E-state index contributed by atoms with van der Waals surface area (Å²) in [5.74, 6) is 0.394. The Morgan fingerprint density at radius 3 is 2.35 bits per heavy atom. The first-order valence-corrected chi connectivity index (χ1v) is 6.30. The number of hydrogen-bond donors (Lipinski definition) is 1. The fourth-order valence-corrected chi connectivity index (χ4v) is 2.48. The lowest BCUT2D eigenvalue weighted by Gasteiger charge is -2.23. The Kier molecular flexibility index (Phi) is 3.57. The lowest BCUT2D eigenvalue weighted by atomic mass is 9.81. The topological polar surface area (TPSA) is 55.8 Å². The molecule has 0 amide bonds. The van der Waals surface area contributed by atoms with Gasteiger partial charge in [0.2, 0.25) is 0 Å². The van der Waals surface area contributed by atoms with Crippen LogP contribution in [0.4, 0.5) is 0 Å². The number of methoxy groups -OCH3 is 2. The third kappa shape index (κ3) is 2.29. The zero-order valence-electron chi connectivity index (χ0n) is 12.1. The Morgan fingerprint density at radius 1 is 1.20 bits per heavy atom. The van der Waals surface area contributed by atoms with Crippen molar-refractivity contribution in [1.29, 1.82) is 0 Å². The second kappa shape index (κ2) is 5.04. The van der Waals surface area contributed by atoms with E-state index in [1.54, 1.807) is 20.3 Å². The summed E-state index contributed by atoms with van der Waals surface area (Å²) < 4.78 is 10.6. The van der Waals surface area contributed by atoms with Crippen molar-refractivity contribution in [3.8, 4) is 11.5 Å². The lowest BCUT2D eigenvalue weighted by molar-refractivity contribution is -0.131. The summed E-state index contributed by atoms with van der Waals surface area (Å²) in [5.41, 5.74) is 2.81. The van der Waals surface area contributed by atoms with Crippen LogP contribution in [0.3, 0.4) is 0 Å². The Bertz CT molecular complexity index is 609. The molecule has 0 unspecified atom stereocenters. The molecule has 0 saturated heterocycles. The average molecular weight is 274 g/mol. The van der Waals surface area contributed by atoms with E-state index < -0.39 is 5.97 Å². The van der Waals surface area contributed by atoms with E-state index in [4.69, 9.17) is 14.6 Å². The van der Waals surface area contributed by atoms with Gasteiger partial charge in [-0.25, -0.2) is 4.79 Å². The van der Waals surface area contributed by atoms with Crippen molar-refractivity contribution in [3.05, 3.63) is 41.0 Å². The number of aliphatic carboxylic acids is 1. The van der Waals surface area contributed by atoms with Gasteiger partial charge in [-0.05, 0) is 28.8 Å². The SMILES string of the molecule is COc1cc2c(cc1OC)C(C)(C)C(/C=C/C(=O)O)=C2. The van der Waals surface area contributed by atoms with Gasteiger partial charge in [0.25, 0.3) is 0 Å². The Hall–Kier alpha value is -2.23. The molecular formula is C16H18O4. The predicted octanol–water partition coefficient (Wildman–Crippen LogP) is 3.02. The number of benzene rings is 1. The standard InChI is InChI=1S/C16H18O4/c1-16(2)11(5-6-15(17)18)7-10-8-13(19-3)14(20-4)9-12(10)16/h5-9H,1-4H3,(H,17,18)/b6-5+. The first-order valence-electron chi connectivity index (χ1n) is 6.30. The van der Waals surface area contributed by atoms with E-state index in [2.05, 4.69) is 13.8 Å². The van der Waals surface area contributed by atoms with Crippen molar-refractivity contribution in [2.24, 2.45) is 0 Å². The van der Waals surface area contributed by atoms with E-state index in [0.29, 0.717) is 11.5 Å². The number of carboxylic acid groups (broad SMARTS) is 1. The maximum atomic E-state index is 10.7. The molecule has 0 radical (unpaired) electrons. The largest absolute Gasteiger partial charge is 0.493 e. The maximum absolute atomic E-state index is 10.7. The van der Waals surface area contributed by atoms with Crippen LogP contribution < -0.4 is 9.47 Å². The van der Waals surface area contributed by atoms with Crippen molar-refractivity contribution in [2.75, 3.05) is 14.2 Å². The third-order valence-electron chi connectivity index (χ3n) is 3.67. The summed E-state index contributed by atoms with van der Waals surface area (Å²) in [5, 5.41) is 8.77. The predicted molar refractivity (Wildman–Crippen MR) is 77.3 cm³/mol. The van der Waals surface area contributed by atoms with Gasteiger partial charge in [0, 0.05) is 11.5 Å². The van der Waals surface area contributed by atoms with Crippen LogP contribution in [0.25, 0.3) is 6.08 Å². The van der Waals surface area contributed by atoms with Crippen molar-refractivity contribution < 1.29 is 19.4 Å². The van der Waals surface area contributed by atoms with Gasteiger partial charge in [0.05, 0.1) is 14.2 Å². The summed E-state index contributed by atoms with van der Waals surface area (Å²) in [4.78, 5) is 10.7. The summed E-state index contributed by atoms with van der Waals surface area (Å²) >= 11 is 0. The maximum Gasteiger partial charge on any atom is 0.328 e. The van der Waals surface area contributed by atoms with Crippen LogP contribution in [0.15, 0.2) is 29.9 Å². The van der Waals surface area contributed by atoms with Crippen molar-refractivity contribution in [3.63, 3.8) is 0 Å². The molecule has 1 aliphatic carbocycles. The molecule has 2 rings (SSSR count). The molecule has 1 aromatic rings. The van der Waals surface area contributed by atoms with Gasteiger partial charge in [-0.2, -0.15) is 0 Å². The van der Waals surface area contributed by atoms with E-state index in [1.165, 1.54) is 0 Å². The van der Waals surface area contributed by atoms with Crippen molar-refractivity contribution in [1.82, 2.24) is 0 Å². The fourth-order valence-electron chi connectivity index (χ4n) is 2.48. The van der Waals surface area contributed by atoms with Crippen LogP contribution in [-0.4, -0.2) is 25.3 Å². The van der Waals surface area contributed by atoms with Crippen LogP contribution in [0.5, 0.6) is 11.5 Å². The van der Waals surface area contributed by atoms with Crippen molar-refractivity contribution >= 4 is 12.0 Å². The van der Waals surface area contributed by atoms with Gasteiger partial charge < -0.3 is 14.6 Å². The first-order chi connectivity index (χ1) is 9.40. The Morgan fingerprint density at radius 2 is 1.80 bits per heavy atom. The van der Waals surface area contributed by atoms with Crippen molar-refractivity contribution in [2.45, 2.75) is 19.3 Å². The Balaban J connectivity index is 2.51. The highest BCUT2D eigenvalue weighted by Gasteiger charge is 2.33. The van der Waals surface area contributed by atoms with E-state index in [0.717, 1.165) is 22.8 Å². The lowest BCUT2D eigenvalue weighted by Crippen LogP contribution is -2.16. The highest BCUT2D eigenvalue weighted by molar-refractivity contribution is 5.82. The van der Waals surface area contributed by atoms with Gasteiger partial charge >= 0.3 is 5.97 Å². The number of carboxylic acids is 1. The minimum Gasteiger partial charge on any atom is -0.493 e. The number of fused-ring (bicyclic) bond motifs is 1. The number of carbonyl (C=O) groups is 1. The molecule has 20 heavy (non-hydrogen) atoms. The summed E-state index contributed by atoms with van der Waals surface area (Å²) in [6.07, 6.45) is 4.78. The fraction of sp³-hybridized carbons (Fsp3) is 0.312. The number of rotatable bonds is 4. The van der Waals surface area contributed by atoms with Gasteiger partial charge in [0.15, 0.2) is 11.5 Å². The first kappa shape index (κ1) is 14.2. The van der Waals surface area contributed by atoms with E-state index in [9.17, 15) is 4.79 Å². The molecule has 0 atom stereocenters. The van der Waals surface area contributed by atoms with E-state index >= 15 is 0 Å². The van der Waals surface area contributed by atoms with Crippen LogP contribution in [0.1, 0.15) is 25.0 Å². The molecule has 4 nitrogen and oxygen atoms in total. The molecule has 106 valence electrons. The normalized spacial score (nSPS) is 15.9. The molecule has 0 spiro atoms. The monoisotopic (exact) mass is 274 g/mol. The number of hydrogen-bond acceptors (Lipinski definition) is 3. The highest BCUT2D eigenvalue weighted by Crippen LogP contribution is 2.46. The zero-order chi connectivity index (χ0) is 14.9. The zero-order valence-corrected chi connectivity index (χ0v) is 12.1. The quantitative estimate of drug-likeness (QED) is 0.857. The smallest absolute Gasteiger partial charge is 0.328 e. The minimum atomic E-state index is -0.951. The van der Waals surface area contributed by atoms with Crippen LogP contribution >= 0.6 is 0 Å². The number of allylic oxidation sites excluding steroid dienone is 2. The van der Waals surface area contributed by atoms with Crippen LogP contribution in [0, 0.1) is 0 Å². The molecule has 0 aromatic heterocycles. The summed E-state index contributed by atoms with van der Waals surface area (Å²) in [6.45, 7) is 4.12. The van der Waals surface area contributed by atoms with Gasteiger partial charge in [0.1, 0.15) is 0 Å². The molecule has 1 aromatic carbocycles. The van der Waals surface area contributed by atoms with Gasteiger partial charge in [-0.15, -0.1) is 0 Å². The second-order valence-corrected chi connectivity index (χ2v) is 5.19. The third-order valence-corrected chi connectivity index (χ3v) is 3.67.